The molecule has 1 saturated carbocycles. The van der Waals surface area contributed by atoms with Crippen molar-refractivity contribution >= 4 is 5.97 Å². The van der Waals surface area contributed by atoms with Crippen molar-refractivity contribution in [2.24, 2.45) is 0 Å². The summed E-state index contributed by atoms with van der Waals surface area (Å²) < 4.78 is 4.97. The van der Waals surface area contributed by atoms with Gasteiger partial charge in [0.1, 0.15) is 0 Å². The summed E-state index contributed by atoms with van der Waals surface area (Å²) in [5.74, 6) is -0.450. The van der Waals surface area contributed by atoms with Crippen molar-refractivity contribution in [3.05, 3.63) is 10.1 Å². The Morgan fingerprint density at radius 2 is 1.93 bits per heavy atom. The van der Waals surface area contributed by atoms with Crippen molar-refractivity contribution in [3.63, 3.8) is 0 Å². The van der Waals surface area contributed by atoms with Crippen molar-refractivity contribution in [2.45, 2.75) is 57.6 Å². The molecule has 0 spiro atoms. The van der Waals surface area contributed by atoms with Gasteiger partial charge in [-0.05, 0) is 19.8 Å². The molecule has 0 aromatic carbocycles. The lowest BCUT2D eigenvalue weighted by atomic mass is 9.78. The molecule has 1 aliphatic carbocycles. The Balaban J connectivity index is 2.79. The van der Waals surface area contributed by atoms with Gasteiger partial charge >= 0.3 is 5.97 Å². The van der Waals surface area contributed by atoms with Crippen LogP contribution in [0, 0.1) is 10.1 Å². The molecule has 0 amide bonds. The van der Waals surface area contributed by atoms with Gasteiger partial charge in [-0.2, -0.15) is 0 Å². The fourth-order valence-electron chi connectivity index (χ4n) is 2.26. The van der Waals surface area contributed by atoms with Gasteiger partial charge in [-0.3, -0.25) is 14.9 Å². The highest BCUT2D eigenvalue weighted by molar-refractivity contribution is 5.66. The minimum Gasteiger partial charge on any atom is -0.455 e. The molecule has 1 rings (SSSR count). The number of esters is 1. The second kappa shape index (κ2) is 4.59. The molecule has 0 aromatic heterocycles. The third-order valence-electron chi connectivity index (χ3n) is 3.18. The fourth-order valence-corrected chi connectivity index (χ4v) is 2.26. The molecule has 1 aliphatic rings. The second-order valence-electron chi connectivity index (χ2n) is 4.17. The SMILES string of the molecule is CC(=O)OC(C)C1([N+](=O)[O-])CCCCC1. The van der Waals surface area contributed by atoms with E-state index in [4.69, 9.17) is 4.74 Å². The largest absolute Gasteiger partial charge is 0.455 e. The van der Waals surface area contributed by atoms with Crippen LogP contribution in [0.25, 0.3) is 0 Å². The first-order valence-electron chi connectivity index (χ1n) is 5.31. The maximum atomic E-state index is 11.1. The van der Waals surface area contributed by atoms with Crippen LogP contribution in [0.2, 0.25) is 0 Å². The van der Waals surface area contributed by atoms with Gasteiger partial charge in [0.2, 0.25) is 0 Å². The predicted octanol–water partition coefficient (Wildman–Crippen LogP) is 1.92. The highest BCUT2D eigenvalue weighted by atomic mass is 16.6. The van der Waals surface area contributed by atoms with Gasteiger partial charge in [-0.1, -0.05) is 6.42 Å². The Labute approximate surface area is 88.9 Å². The maximum absolute atomic E-state index is 11.1. The third kappa shape index (κ3) is 2.46. The molecule has 5 heteroatoms. The van der Waals surface area contributed by atoms with Crippen LogP contribution in [0.1, 0.15) is 46.0 Å². The average Bonchev–Trinajstić information content (AvgIpc) is 2.17. The summed E-state index contributed by atoms with van der Waals surface area (Å²) in [6.45, 7) is 2.91. The lowest BCUT2D eigenvalue weighted by Gasteiger charge is -2.33. The Bertz CT molecular complexity index is 258. The zero-order chi connectivity index (χ0) is 11.5. The van der Waals surface area contributed by atoms with E-state index < -0.39 is 17.6 Å². The number of nitrogens with zero attached hydrogens (tertiary/aromatic N) is 1. The minimum atomic E-state index is -1.05. The normalized spacial score (nSPS) is 21.7. The Kier molecular flexibility index (Phi) is 3.66. The van der Waals surface area contributed by atoms with Crippen LogP contribution < -0.4 is 0 Å². The quantitative estimate of drug-likeness (QED) is 0.409. The number of rotatable bonds is 3. The van der Waals surface area contributed by atoms with E-state index in [0.717, 1.165) is 19.3 Å². The molecule has 0 bridgehead atoms. The van der Waals surface area contributed by atoms with Crippen LogP contribution in [0.3, 0.4) is 0 Å². The number of carbonyl (C=O) groups excluding carboxylic acids is 1. The van der Waals surface area contributed by atoms with Crippen LogP contribution in [0.15, 0.2) is 0 Å². The number of carbonyl (C=O) groups is 1. The van der Waals surface area contributed by atoms with Crippen molar-refractivity contribution < 1.29 is 14.5 Å². The zero-order valence-corrected chi connectivity index (χ0v) is 9.19. The number of hydrogen-bond donors (Lipinski definition) is 0. The van der Waals surface area contributed by atoms with Crippen molar-refractivity contribution in [2.75, 3.05) is 0 Å². The standard InChI is InChI=1S/C10H17NO4/c1-8(15-9(2)12)10(11(13)14)6-4-3-5-7-10/h8H,3-7H2,1-2H3. The second-order valence-corrected chi connectivity index (χ2v) is 4.17. The molecular weight excluding hydrogens is 198 g/mol. The summed E-state index contributed by atoms with van der Waals surface area (Å²) in [5, 5.41) is 11.1. The first-order valence-corrected chi connectivity index (χ1v) is 5.31. The van der Waals surface area contributed by atoms with E-state index >= 15 is 0 Å². The summed E-state index contributed by atoms with van der Waals surface area (Å²) in [7, 11) is 0. The molecule has 0 N–H and O–H groups in total. The Morgan fingerprint density at radius 1 is 1.40 bits per heavy atom. The number of hydrogen-bond acceptors (Lipinski definition) is 4. The molecule has 0 radical (unpaired) electrons. The molecule has 5 nitrogen and oxygen atoms in total. The first-order chi connectivity index (χ1) is 6.99. The van der Waals surface area contributed by atoms with Gasteiger partial charge in [0, 0.05) is 24.7 Å². The molecule has 15 heavy (non-hydrogen) atoms. The van der Waals surface area contributed by atoms with E-state index in [0.29, 0.717) is 12.8 Å². The van der Waals surface area contributed by atoms with Gasteiger partial charge in [0.15, 0.2) is 6.10 Å². The zero-order valence-electron chi connectivity index (χ0n) is 9.19. The lowest BCUT2D eigenvalue weighted by Crippen LogP contribution is -2.51. The van der Waals surface area contributed by atoms with E-state index in [2.05, 4.69) is 0 Å². The average molecular weight is 215 g/mol. The number of nitro groups is 1. The molecule has 0 aromatic rings. The highest BCUT2D eigenvalue weighted by Gasteiger charge is 2.50. The monoisotopic (exact) mass is 215 g/mol. The third-order valence-corrected chi connectivity index (χ3v) is 3.18. The minimum absolute atomic E-state index is 0.264. The topological polar surface area (TPSA) is 69.4 Å². The van der Waals surface area contributed by atoms with Gasteiger partial charge in [0.25, 0.3) is 5.54 Å². The fraction of sp³-hybridized carbons (Fsp3) is 0.900. The summed E-state index contributed by atoms with van der Waals surface area (Å²) in [4.78, 5) is 21.7. The van der Waals surface area contributed by atoms with Gasteiger partial charge < -0.3 is 4.74 Å². The van der Waals surface area contributed by atoms with Crippen molar-refractivity contribution in [1.29, 1.82) is 0 Å². The van der Waals surface area contributed by atoms with Gasteiger partial charge in [-0.15, -0.1) is 0 Å². The number of ether oxygens (including phenoxy) is 1. The molecule has 0 heterocycles. The van der Waals surface area contributed by atoms with E-state index in [9.17, 15) is 14.9 Å². The van der Waals surface area contributed by atoms with Crippen molar-refractivity contribution in [3.8, 4) is 0 Å². The summed E-state index contributed by atoms with van der Waals surface area (Å²) in [6.07, 6.45) is 3.09. The van der Waals surface area contributed by atoms with Crippen LogP contribution in [-0.2, 0) is 9.53 Å². The molecule has 86 valence electrons. The summed E-state index contributed by atoms with van der Waals surface area (Å²) >= 11 is 0. The summed E-state index contributed by atoms with van der Waals surface area (Å²) in [6, 6.07) is 0. The first kappa shape index (κ1) is 11.9. The Hall–Kier alpha value is -1.13. The molecule has 1 unspecified atom stereocenters. The molecule has 1 fully saturated rings. The van der Waals surface area contributed by atoms with E-state index in [1.807, 2.05) is 0 Å². The molecule has 1 atom stereocenters. The molecule has 0 aliphatic heterocycles. The van der Waals surface area contributed by atoms with E-state index in [1.54, 1.807) is 6.92 Å². The summed E-state index contributed by atoms with van der Waals surface area (Å²) in [5.41, 5.74) is -1.05. The van der Waals surface area contributed by atoms with E-state index in [1.165, 1.54) is 6.92 Å². The smallest absolute Gasteiger partial charge is 0.303 e. The van der Waals surface area contributed by atoms with Crippen LogP contribution in [-0.4, -0.2) is 22.5 Å². The molecule has 0 saturated heterocycles. The van der Waals surface area contributed by atoms with Crippen LogP contribution >= 0.6 is 0 Å². The maximum Gasteiger partial charge on any atom is 0.303 e. The highest BCUT2D eigenvalue weighted by Crippen LogP contribution is 2.35. The van der Waals surface area contributed by atoms with Gasteiger partial charge in [-0.25, -0.2) is 0 Å². The van der Waals surface area contributed by atoms with E-state index in [-0.39, 0.29) is 4.92 Å². The lowest BCUT2D eigenvalue weighted by molar-refractivity contribution is -0.586. The van der Waals surface area contributed by atoms with Crippen LogP contribution in [0.5, 0.6) is 0 Å². The van der Waals surface area contributed by atoms with Gasteiger partial charge in [0.05, 0.1) is 0 Å². The van der Waals surface area contributed by atoms with Crippen LogP contribution in [0.4, 0.5) is 0 Å². The predicted molar refractivity (Wildman–Crippen MR) is 54.0 cm³/mol. The molecular formula is C10H17NO4. The van der Waals surface area contributed by atoms with Crippen molar-refractivity contribution in [1.82, 2.24) is 0 Å². The Morgan fingerprint density at radius 3 is 2.33 bits per heavy atom.